The van der Waals surface area contributed by atoms with E-state index < -0.39 is 0 Å². The van der Waals surface area contributed by atoms with Crippen LogP contribution in [-0.4, -0.2) is 39.6 Å². The molecular formula is C14H22N4O2. The molecule has 0 saturated carbocycles. The Bertz CT molecular complexity index is 536. The molecule has 0 spiro atoms. The predicted octanol–water partition coefficient (Wildman–Crippen LogP) is 0.303. The summed E-state index contributed by atoms with van der Waals surface area (Å²) in [5.41, 5.74) is 8.23. The average Bonchev–Trinajstić information content (AvgIpc) is 2.65. The summed E-state index contributed by atoms with van der Waals surface area (Å²) in [7, 11) is 1.88. The van der Waals surface area contributed by atoms with Crippen molar-refractivity contribution in [2.45, 2.75) is 33.1 Å². The summed E-state index contributed by atoms with van der Waals surface area (Å²) >= 11 is 0. The Morgan fingerprint density at radius 2 is 2.10 bits per heavy atom. The predicted molar refractivity (Wildman–Crippen MR) is 74.9 cm³/mol. The van der Waals surface area contributed by atoms with E-state index in [2.05, 4.69) is 5.10 Å². The minimum absolute atomic E-state index is 0.0511. The third-order valence-corrected chi connectivity index (χ3v) is 4.16. The third-order valence-electron chi connectivity index (χ3n) is 4.16. The van der Waals surface area contributed by atoms with Gasteiger partial charge < -0.3 is 10.6 Å². The van der Waals surface area contributed by atoms with Gasteiger partial charge in [0.05, 0.1) is 18.0 Å². The van der Waals surface area contributed by atoms with Crippen molar-refractivity contribution in [2.75, 3.05) is 13.1 Å². The largest absolute Gasteiger partial charge is 0.369 e. The SMILES string of the molecule is Cc1nn(C)c(C)c1CC(=O)N1CCC[C@@H](C(N)=O)C1. The molecule has 6 nitrogen and oxygen atoms in total. The van der Waals surface area contributed by atoms with E-state index in [0.29, 0.717) is 19.5 Å². The number of aromatic nitrogens is 2. The van der Waals surface area contributed by atoms with E-state index in [4.69, 9.17) is 5.73 Å². The lowest BCUT2D eigenvalue weighted by atomic mass is 9.97. The minimum atomic E-state index is -0.309. The highest BCUT2D eigenvalue weighted by molar-refractivity contribution is 5.81. The molecule has 1 atom stereocenters. The second-order valence-electron chi connectivity index (χ2n) is 5.53. The number of hydrogen-bond acceptors (Lipinski definition) is 3. The fraction of sp³-hybridized carbons (Fsp3) is 0.643. The van der Waals surface area contributed by atoms with Gasteiger partial charge in [-0.25, -0.2) is 0 Å². The fourth-order valence-electron chi connectivity index (χ4n) is 2.77. The molecule has 0 unspecified atom stereocenters. The number of rotatable bonds is 3. The first-order valence-corrected chi connectivity index (χ1v) is 6.96. The van der Waals surface area contributed by atoms with Crippen molar-refractivity contribution in [2.24, 2.45) is 18.7 Å². The van der Waals surface area contributed by atoms with Gasteiger partial charge in [-0.3, -0.25) is 14.3 Å². The number of carbonyl (C=O) groups excluding carboxylic acids is 2. The molecule has 1 saturated heterocycles. The molecule has 0 aliphatic carbocycles. The number of amides is 2. The highest BCUT2D eigenvalue weighted by Gasteiger charge is 2.27. The zero-order valence-corrected chi connectivity index (χ0v) is 12.3. The van der Waals surface area contributed by atoms with E-state index >= 15 is 0 Å². The molecule has 6 heteroatoms. The van der Waals surface area contributed by atoms with Gasteiger partial charge in [0.25, 0.3) is 0 Å². The Labute approximate surface area is 118 Å². The Hall–Kier alpha value is -1.85. The van der Waals surface area contributed by atoms with Gasteiger partial charge in [0.15, 0.2) is 0 Å². The number of likely N-dealkylation sites (tertiary alicyclic amines) is 1. The van der Waals surface area contributed by atoms with E-state index in [-0.39, 0.29) is 17.7 Å². The molecule has 2 rings (SSSR count). The number of carbonyl (C=O) groups is 2. The van der Waals surface area contributed by atoms with Crippen molar-refractivity contribution in [1.29, 1.82) is 0 Å². The van der Waals surface area contributed by atoms with Gasteiger partial charge in [-0.05, 0) is 26.7 Å². The van der Waals surface area contributed by atoms with Crippen molar-refractivity contribution in [3.05, 3.63) is 17.0 Å². The molecule has 1 aromatic heterocycles. The maximum atomic E-state index is 12.4. The normalized spacial score (nSPS) is 19.1. The van der Waals surface area contributed by atoms with Crippen LogP contribution < -0.4 is 5.73 Å². The molecule has 1 fully saturated rings. The van der Waals surface area contributed by atoms with E-state index in [1.54, 1.807) is 9.58 Å². The molecule has 2 heterocycles. The van der Waals surface area contributed by atoms with Crippen molar-refractivity contribution in [3.63, 3.8) is 0 Å². The van der Waals surface area contributed by atoms with Crippen LogP contribution in [-0.2, 0) is 23.1 Å². The molecule has 0 radical (unpaired) electrons. The zero-order valence-electron chi connectivity index (χ0n) is 12.3. The Balaban J connectivity index is 2.06. The first kappa shape index (κ1) is 14.6. The summed E-state index contributed by atoms with van der Waals surface area (Å²) in [6.45, 7) is 5.04. The van der Waals surface area contributed by atoms with Gasteiger partial charge in [0, 0.05) is 31.4 Å². The average molecular weight is 278 g/mol. The minimum Gasteiger partial charge on any atom is -0.369 e. The molecule has 0 bridgehead atoms. The summed E-state index contributed by atoms with van der Waals surface area (Å²) in [6, 6.07) is 0. The Morgan fingerprint density at radius 3 is 2.65 bits per heavy atom. The summed E-state index contributed by atoms with van der Waals surface area (Å²) in [5.74, 6) is -0.463. The van der Waals surface area contributed by atoms with Crippen LogP contribution in [0.25, 0.3) is 0 Å². The summed E-state index contributed by atoms with van der Waals surface area (Å²) < 4.78 is 1.79. The number of hydrogen-bond donors (Lipinski definition) is 1. The molecule has 0 aromatic carbocycles. The highest BCUT2D eigenvalue weighted by Crippen LogP contribution is 2.19. The number of aryl methyl sites for hydroxylation is 2. The van der Waals surface area contributed by atoms with E-state index in [0.717, 1.165) is 29.8 Å². The molecule has 1 aromatic rings. The maximum absolute atomic E-state index is 12.4. The smallest absolute Gasteiger partial charge is 0.227 e. The van der Waals surface area contributed by atoms with Crippen molar-refractivity contribution >= 4 is 11.8 Å². The standard InChI is InChI=1S/C14H22N4O2/c1-9-12(10(2)17(3)16-9)7-13(19)18-6-4-5-11(8-18)14(15)20/h11H,4-8H2,1-3H3,(H2,15,20)/t11-/m1/s1. The fourth-order valence-corrected chi connectivity index (χ4v) is 2.77. The second kappa shape index (κ2) is 5.64. The van der Waals surface area contributed by atoms with E-state index in [1.807, 2.05) is 20.9 Å². The quantitative estimate of drug-likeness (QED) is 0.863. The van der Waals surface area contributed by atoms with Crippen LogP contribution in [0.5, 0.6) is 0 Å². The van der Waals surface area contributed by atoms with Gasteiger partial charge in [-0.15, -0.1) is 0 Å². The van der Waals surface area contributed by atoms with Gasteiger partial charge in [-0.1, -0.05) is 0 Å². The lowest BCUT2D eigenvalue weighted by molar-refractivity contribution is -0.134. The number of primary amides is 1. The van der Waals surface area contributed by atoms with E-state index in [1.165, 1.54) is 0 Å². The first-order valence-electron chi connectivity index (χ1n) is 6.96. The van der Waals surface area contributed by atoms with Crippen LogP contribution in [0.15, 0.2) is 0 Å². The molecule has 1 aliphatic rings. The van der Waals surface area contributed by atoms with Crippen LogP contribution in [0.1, 0.15) is 29.8 Å². The number of nitrogens with zero attached hydrogens (tertiary/aromatic N) is 3. The van der Waals surface area contributed by atoms with Crippen LogP contribution in [0.4, 0.5) is 0 Å². The summed E-state index contributed by atoms with van der Waals surface area (Å²) in [5, 5.41) is 4.32. The first-order chi connectivity index (χ1) is 9.40. The molecule has 2 N–H and O–H groups in total. The summed E-state index contributed by atoms with van der Waals surface area (Å²) in [4.78, 5) is 25.4. The topological polar surface area (TPSA) is 81.2 Å². The van der Waals surface area contributed by atoms with Gasteiger partial charge in [0.1, 0.15) is 0 Å². The zero-order chi connectivity index (χ0) is 14.9. The summed E-state index contributed by atoms with van der Waals surface area (Å²) in [6.07, 6.45) is 1.96. The van der Waals surface area contributed by atoms with Crippen molar-refractivity contribution in [1.82, 2.24) is 14.7 Å². The van der Waals surface area contributed by atoms with E-state index in [9.17, 15) is 9.59 Å². The van der Waals surface area contributed by atoms with Crippen LogP contribution in [0.2, 0.25) is 0 Å². The molecule has 2 amide bonds. The Morgan fingerprint density at radius 1 is 1.40 bits per heavy atom. The van der Waals surface area contributed by atoms with Crippen LogP contribution >= 0.6 is 0 Å². The van der Waals surface area contributed by atoms with Gasteiger partial charge in [0.2, 0.25) is 11.8 Å². The van der Waals surface area contributed by atoms with Crippen molar-refractivity contribution in [3.8, 4) is 0 Å². The second-order valence-corrected chi connectivity index (χ2v) is 5.53. The number of nitrogens with two attached hydrogens (primary N) is 1. The molecular weight excluding hydrogens is 256 g/mol. The maximum Gasteiger partial charge on any atom is 0.227 e. The third kappa shape index (κ3) is 2.84. The van der Waals surface area contributed by atoms with Gasteiger partial charge in [-0.2, -0.15) is 5.10 Å². The van der Waals surface area contributed by atoms with Crippen molar-refractivity contribution < 1.29 is 9.59 Å². The molecule has 1 aliphatic heterocycles. The lowest BCUT2D eigenvalue weighted by Gasteiger charge is -2.31. The highest BCUT2D eigenvalue weighted by atomic mass is 16.2. The Kier molecular flexibility index (Phi) is 4.11. The molecule has 20 heavy (non-hydrogen) atoms. The van der Waals surface area contributed by atoms with Crippen LogP contribution in [0, 0.1) is 19.8 Å². The number of piperidine rings is 1. The monoisotopic (exact) mass is 278 g/mol. The van der Waals surface area contributed by atoms with Crippen LogP contribution in [0.3, 0.4) is 0 Å². The molecule has 110 valence electrons. The van der Waals surface area contributed by atoms with Gasteiger partial charge >= 0.3 is 0 Å². The lowest BCUT2D eigenvalue weighted by Crippen LogP contribution is -2.44.